The van der Waals surface area contributed by atoms with E-state index in [1.165, 1.54) is 18.4 Å². The number of rotatable bonds is 6. The molecule has 11 heteroatoms. The number of furan rings is 1. The normalized spacial score (nSPS) is 12.2. The van der Waals surface area contributed by atoms with Crippen molar-refractivity contribution in [2.75, 3.05) is 6.54 Å². The molecule has 0 atom stereocenters. The van der Waals surface area contributed by atoms with E-state index >= 15 is 0 Å². The summed E-state index contributed by atoms with van der Waals surface area (Å²) < 4.78 is 70.6. The molecule has 0 aliphatic carbocycles. The van der Waals surface area contributed by atoms with Crippen LogP contribution in [0.2, 0.25) is 0 Å². The highest BCUT2D eigenvalue weighted by Crippen LogP contribution is 2.29. The van der Waals surface area contributed by atoms with E-state index in [4.69, 9.17) is 4.42 Å². The first-order chi connectivity index (χ1) is 13.2. The summed E-state index contributed by atoms with van der Waals surface area (Å²) >= 11 is 0. The molecule has 1 N–H and O–H groups in total. The molecule has 0 saturated heterocycles. The average Bonchev–Trinajstić information content (AvgIpc) is 3.17. The number of sulfonamides is 1. The van der Waals surface area contributed by atoms with Crippen LogP contribution in [-0.2, 0) is 22.7 Å². The Kier molecular flexibility index (Phi) is 5.38. The van der Waals surface area contributed by atoms with E-state index in [1.54, 1.807) is 12.1 Å². The molecule has 7 nitrogen and oxygen atoms in total. The minimum Gasteiger partial charge on any atom is -0.463 e. The number of nitrogens with one attached hydrogen (secondary N) is 1. The quantitative estimate of drug-likeness (QED) is 0.670. The van der Waals surface area contributed by atoms with Crippen LogP contribution in [0.1, 0.15) is 5.56 Å². The molecule has 3 rings (SSSR count). The zero-order valence-corrected chi connectivity index (χ0v) is 15.0. The Morgan fingerprint density at radius 1 is 1.07 bits per heavy atom. The number of hydrogen-bond donors (Lipinski definition) is 1. The summed E-state index contributed by atoms with van der Waals surface area (Å²) in [5.41, 5.74) is -0.990. The Morgan fingerprint density at radius 3 is 2.39 bits per heavy atom. The van der Waals surface area contributed by atoms with E-state index in [2.05, 4.69) is 9.82 Å². The van der Waals surface area contributed by atoms with Crippen molar-refractivity contribution in [3.8, 4) is 11.5 Å². The van der Waals surface area contributed by atoms with Crippen LogP contribution >= 0.6 is 0 Å². The number of halogens is 3. The molecule has 0 radical (unpaired) electrons. The fourth-order valence-corrected chi connectivity index (χ4v) is 3.38. The smallest absolute Gasteiger partial charge is 0.416 e. The monoisotopic (exact) mass is 413 g/mol. The van der Waals surface area contributed by atoms with Crippen LogP contribution in [0.15, 0.2) is 68.9 Å². The minimum atomic E-state index is -4.55. The Hall–Kier alpha value is -2.92. The van der Waals surface area contributed by atoms with Crippen LogP contribution in [0.25, 0.3) is 11.5 Å². The van der Waals surface area contributed by atoms with Crippen molar-refractivity contribution in [3.05, 3.63) is 70.7 Å². The van der Waals surface area contributed by atoms with Crippen LogP contribution in [0.5, 0.6) is 0 Å². The highest BCUT2D eigenvalue weighted by Gasteiger charge is 2.30. The van der Waals surface area contributed by atoms with Crippen LogP contribution in [0.3, 0.4) is 0 Å². The largest absolute Gasteiger partial charge is 0.463 e. The molecule has 0 amide bonds. The predicted octanol–water partition coefficient (Wildman–Crippen LogP) is 2.50. The zero-order chi connectivity index (χ0) is 20.4. The van der Waals surface area contributed by atoms with Crippen molar-refractivity contribution in [3.63, 3.8) is 0 Å². The van der Waals surface area contributed by atoms with E-state index in [0.717, 1.165) is 16.8 Å². The van der Waals surface area contributed by atoms with Gasteiger partial charge in [0.05, 0.1) is 23.3 Å². The number of alkyl halides is 3. The third-order valence-electron chi connectivity index (χ3n) is 3.75. The van der Waals surface area contributed by atoms with Crippen LogP contribution in [0.4, 0.5) is 13.2 Å². The van der Waals surface area contributed by atoms with Crippen LogP contribution in [0, 0.1) is 0 Å². The Labute approximate surface area is 157 Å². The third kappa shape index (κ3) is 4.49. The molecule has 148 valence electrons. The lowest BCUT2D eigenvalue weighted by atomic mass is 10.2. The fourth-order valence-electron chi connectivity index (χ4n) is 2.36. The highest BCUT2D eigenvalue weighted by atomic mass is 32.2. The summed E-state index contributed by atoms with van der Waals surface area (Å²) in [6.45, 7) is -0.259. The molecule has 3 aromatic rings. The summed E-state index contributed by atoms with van der Waals surface area (Å²) in [5, 5.41) is 4.10. The van der Waals surface area contributed by atoms with Gasteiger partial charge >= 0.3 is 6.18 Å². The summed E-state index contributed by atoms with van der Waals surface area (Å²) in [6, 6.07) is 9.18. The second-order valence-electron chi connectivity index (χ2n) is 5.68. The van der Waals surface area contributed by atoms with Gasteiger partial charge in [0.1, 0.15) is 5.69 Å². The molecule has 0 aliphatic heterocycles. The van der Waals surface area contributed by atoms with Crippen molar-refractivity contribution >= 4 is 10.0 Å². The maximum Gasteiger partial charge on any atom is 0.416 e. The SMILES string of the molecule is O=c1ccc(-c2ccco2)nn1CCNS(=O)(=O)c1ccc(C(F)(F)F)cc1. The van der Waals surface area contributed by atoms with Gasteiger partial charge in [0.2, 0.25) is 10.0 Å². The molecular weight excluding hydrogens is 399 g/mol. The van der Waals surface area contributed by atoms with Crippen molar-refractivity contribution in [1.82, 2.24) is 14.5 Å². The van der Waals surface area contributed by atoms with Gasteiger partial charge in [-0.2, -0.15) is 18.3 Å². The number of aromatic nitrogens is 2. The number of hydrogen-bond acceptors (Lipinski definition) is 5. The van der Waals surface area contributed by atoms with Crippen molar-refractivity contribution in [1.29, 1.82) is 0 Å². The van der Waals surface area contributed by atoms with Crippen molar-refractivity contribution in [2.24, 2.45) is 0 Å². The second-order valence-corrected chi connectivity index (χ2v) is 7.44. The molecule has 0 unspecified atom stereocenters. The summed E-state index contributed by atoms with van der Waals surface area (Å²) in [5.74, 6) is 0.444. The number of nitrogens with zero attached hydrogens (tertiary/aromatic N) is 2. The summed E-state index contributed by atoms with van der Waals surface area (Å²) in [4.78, 5) is 11.6. The lowest BCUT2D eigenvalue weighted by Crippen LogP contribution is -2.32. The lowest BCUT2D eigenvalue weighted by molar-refractivity contribution is -0.137. The van der Waals surface area contributed by atoms with Crippen molar-refractivity contribution in [2.45, 2.75) is 17.6 Å². The second kappa shape index (κ2) is 7.60. The van der Waals surface area contributed by atoms with E-state index in [1.807, 2.05) is 0 Å². The third-order valence-corrected chi connectivity index (χ3v) is 5.22. The minimum absolute atomic E-state index is 0.0761. The van der Waals surface area contributed by atoms with Gasteiger partial charge in [0.25, 0.3) is 5.56 Å². The molecule has 0 saturated carbocycles. The first kappa shape index (κ1) is 19.8. The highest BCUT2D eigenvalue weighted by molar-refractivity contribution is 7.89. The van der Waals surface area contributed by atoms with Gasteiger partial charge in [-0.3, -0.25) is 4.79 Å². The predicted molar refractivity (Wildman–Crippen MR) is 92.8 cm³/mol. The summed E-state index contributed by atoms with van der Waals surface area (Å²) in [7, 11) is -4.04. The first-order valence-corrected chi connectivity index (χ1v) is 9.44. The van der Waals surface area contributed by atoms with Gasteiger partial charge in [-0.15, -0.1) is 0 Å². The van der Waals surface area contributed by atoms with Gasteiger partial charge in [0, 0.05) is 12.6 Å². The Bertz CT molecular complexity index is 1110. The van der Waals surface area contributed by atoms with E-state index in [9.17, 15) is 26.4 Å². The molecule has 0 aliphatic rings. The summed E-state index contributed by atoms with van der Waals surface area (Å²) in [6.07, 6.45) is -3.10. The molecule has 2 aromatic heterocycles. The van der Waals surface area contributed by atoms with Crippen molar-refractivity contribution < 1.29 is 26.0 Å². The Morgan fingerprint density at radius 2 is 1.79 bits per heavy atom. The first-order valence-electron chi connectivity index (χ1n) is 7.96. The van der Waals surface area contributed by atoms with E-state index in [0.29, 0.717) is 23.6 Å². The Balaban J connectivity index is 1.69. The molecule has 0 spiro atoms. The van der Waals surface area contributed by atoms with Gasteiger partial charge in [-0.05, 0) is 42.5 Å². The molecule has 28 heavy (non-hydrogen) atoms. The molecule has 1 aromatic carbocycles. The van der Waals surface area contributed by atoms with Gasteiger partial charge in [-0.1, -0.05) is 0 Å². The standard InChI is InChI=1S/C17H14F3N3O4S/c18-17(19,20)12-3-5-13(6-4-12)28(25,26)21-9-10-23-16(24)8-7-14(22-23)15-2-1-11-27-15/h1-8,11,21H,9-10H2. The maximum atomic E-state index is 12.6. The van der Waals surface area contributed by atoms with E-state index < -0.39 is 27.3 Å². The average molecular weight is 413 g/mol. The maximum absolute atomic E-state index is 12.6. The number of benzene rings is 1. The van der Waals surface area contributed by atoms with Gasteiger partial charge in [-0.25, -0.2) is 17.8 Å². The van der Waals surface area contributed by atoms with Crippen LogP contribution < -0.4 is 10.3 Å². The van der Waals surface area contributed by atoms with E-state index in [-0.39, 0.29) is 18.0 Å². The molecule has 2 heterocycles. The molecule has 0 bridgehead atoms. The molecular formula is C17H14F3N3O4S. The van der Waals surface area contributed by atoms with Crippen LogP contribution in [-0.4, -0.2) is 24.7 Å². The van der Waals surface area contributed by atoms with Gasteiger partial charge < -0.3 is 4.42 Å². The zero-order valence-electron chi connectivity index (χ0n) is 14.2. The lowest BCUT2D eigenvalue weighted by Gasteiger charge is -2.10. The fraction of sp³-hybridized carbons (Fsp3) is 0.176. The topological polar surface area (TPSA) is 94.2 Å². The molecule has 0 fully saturated rings. The van der Waals surface area contributed by atoms with Gasteiger partial charge in [0.15, 0.2) is 5.76 Å².